The molecule has 4 heterocycles. The molecule has 9 heteroatoms. The monoisotopic (exact) mass is 388 g/mol. The van der Waals surface area contributed by atoms with Gasteiger partial charge in [0.15, 0.2) is 5.82 Å². The van der Waals surface area contributed by atoms with Crippen LogP contribution in [0.2, 0.25) is 0 Å². The van der Waals surface area contributed by atoms with Crippen LogP contribution in [0.3, 0.4) is 0 Å². The molecule has 0 spiro atoms. The van der Waals surface area contributed by atoms with Gasteiger partial charge in [0.25, 0.3) is 5.89 Å². The molecule has 1 fully saturated rings. The molecule has 4 aromatic heterocycles. The molecule has 1 atom stereocenters. The first-order chi connectivity index (χ1) is 14.2. The first-order valence-electron chi connectivity index (χ1n) is 9.52. The van der Waals surface area contributed by atoms with Crippen LogP contribution in [0.5, 0.6) is 0 Å². The minimum Gasteiger partial charge on any atom is -0.368 e. The Morgan fingerprint density at radius 2 is 1.93 bits per heavy atom. The molecule has 9 nitrogen and oxygen atoms in total. The highest BCUT2D eigenvalue weighted by Gasteiger charge is 2.30. The molecule has 1 aliphatic rings. The van der Waals surface area contributed by atoms with Gasteiger partial charge in [-0.2, -0.15) is 10.1 Å². The molecule has 0 bridgehead atoms. The van der Waals surface area contributed by atoms with Gasteiger partial charge < -0.3 is 10.3 Å². The maximum absolute atomic E-state index is 5.56. The topological polar surface area (TPSA) is 121 Å². The van der Waals surface area contributed by atoms with Crippen molar-refractivity contribution in [2.24, 2.45) is 13.0 Å². The van der Waals surface area contributed by atoms with Crippen molar-refractivity contribution in [1.29, 1.82) is 0 Å². The molecule has 1 saturated carbocycles. The Bertz CT molecular complexity index is 1110. The fraction of sp³-hybridized carbons (Fsp3) is 0.300. The van der Waals surface area contributed by atoms with Crippen molar-refractivity contribution in [1.82, 2.24) is 34.9 Å². The Balaban J connectivity index is 1.43. The summed E-state index contributed by atoms with van der Waals surface area (Å²) >= 11 is 0. The van der Waals surface area contributed by atoms with Gasteiger partial charge in [0.2, 0.25) is 5.95 Å². The molecule has 2 N–H and O–H groups in total. The zero-order chi connectivity index (χ0) is 19.8. The number of nitrogens with two attached hydrogens (primary N) is 1. The van der Waals surface area contributed by atoms with Crippen molar-refractivity contribution in [3.05, 3.63) is 54.5 Å². The second-order valence-corrected chi connectivity index (χ2v) is 7.40. The van der Waals surface area contributed by atoms with Crippen LogP contribution in [0.15, 0.2) is 47.6 Å². The largest absolute Gasteiger partial charge is 0.368 e. The van der Waals surface area contributed by atoms with Crippen molar-refractivity contribution in [2.75, 3.05) is 5.73 Å². The van der Waals surface area contributed by atoms with Crippen LogP contribution in [0.4, 0.5) is 5.95 Å². The number of nitrogen functional groups attached to an aromatic ring is 1. The summed E-state index contributed by atoms with van der Waals surface area (Å²) in [4.78, 5) is 17.3. The minimum atomic E-state index is 0.0425. The molecular formula is C20H20N8O. The van der Waals surface area contributed by atoms with Crippen molar-refractivity contribution in [3.63, 3.8) is 0 Å². The number of aromatic nitrogens is 7. The van der Waals surface area contributed by atoms with Gasteiger partial charge in [0, 0.05) is 43.3 Å². The lowest BCUT2D eigenvalue weighted by Gasteiger charge is -2.13. The van der Waals surface area contributed by atoms with Gasteiger partial charge in [-0.3, -0.25) is 9.67 Å². The van der Waals surface area contributed by atoms with Gasteiger partial charge in [-0.05, 0) is 24.0 Å². The van der Waals surface area contributed by atoms with Crippen LogP contribution < -0.4 is 5.73 Å². The molecule has 4 aromatic rings. The van der Waals surface area contributed by atoms with Crippen molar-refractivity contribution < 1.29 is 4.52 Å². The second-order valence-electron chi connectivity index (χ2n) is 7.40. The van der Waals surface area contributed by atoms with Crippen LogP contribution in [0.25, 0.3) is 22.7 Å². The lowest BCUT2D eigenvalue weighted by molar-refractivity contribution is 0.416. The van der Waals surface area contributed by atoms with E-state index in [1.165, 1.54) is 12.8 Å². The Hall–Kier alpha value is -3.62. The Morgan fingerprint density at radius 3 is 2.59 bits per heavy atom. The molecule has 1 unspecified atom stereocenters. The molecule has 0 aliphatic heterocycles. The van der Waals surface area contributed by atoms with E-state index in [1.54, 1.807) is 23.3 Å². The Morgan fingerprint density at radius 1 is 1.10 bits per heavy atom. The van der Waals surface area contributed by atoms with Gasteiger partial charge >= 0.3 is 0 Å². The summed E-state index contributed by atoms with van der Waals surface area (Å²) < 4.78 is 7.22. The third-order valence-electron chi connectivity index (χ3n) is 5.13. The Labute approximate surface area is 167 Å². The number of hydrogen-bond donors (Lipinski definition) is 1. The van der Waals surface area contributed by atoms with Crippen molar-refractivity contribution in [3.8, 4) is 22.7 Å². The predicted octanol–water partition coefficient (Wildman–Crippen LogP) is 2.84. The lowest BCUT2D eigenvalue weighted by Crippen LogP contribution is -2.05. The van der Waals surface area contributed by atoms with Gasteiger partial charge in [0.05, 0.1) is 17.5 Å². The lowest BCUT2D eigenvalue weighted by atomic mass is 9.93. The van der Waals surface area contributed by atoms with Crippen LogP contribution in [0.1, 0.15) is 36.6 Å². The van der Waals surface area contributed by atoms with E-state index in [1.807, 2.05) is 25.5 Å². The fourth-order valence-corrected chi connectivity index (χ4v) is 3.36. The van der Waals surface area contributed by atoms with Crippen LogP contribution in [-0.2, 0) is 7.05 Å². The number of rotatable bonds is 6. The minimum absolute atomic E-state index is 0.0425. The molecule has 0 amide bonds. The third kappa shape index (κ3) is 3.71. The highest BCUT2D eigenvalue weighted by atomic mass is 16.5. The summed E-state index contributed by atoms with van der Waals surface area (Å²) in [5.41, 5.74) is 9.06. The summed E-state index contributed by atoms with van der Waals surface area (Å²) in [5.74, 6) is 2.15. The Kier molecular flexibility index (Phi) is 4.27. The molecule has 0 saturated heterocycles. The van der Waals surface area contributed by atoms with E-state index in [0.717, 1.165) is 28.8 Å². The maximum Gasteiger partial charge on any atom is 0.261 e. The summed E-state index contributed by atoms with van der Waals surface area (Å²) in [6.45, 7) is 0. The van der Waals surface area contributed by atoms with Crippen LogP contribution >= 0.6 is 0 Å². The molecule has 1 aliphatic carbocycles. The van der Waals surface area contributed by atoms with Gasteiger partial charge in [0.1, 0.15) is 0 Å². The zero-order valence-electron chi connectivity index (χ0n) is 15.9. The highest BCUT2D eigenvalue weighted by molar-refractivity contribution is 5.57. The SMILES string of the molecule is Cn1cc(-c2nc(C(CC3CC3)c3ccc(-c4cnc(N)nc4)nc3)no2)cn1. The van der Waals surface area contributed by atoms with E-state index in [4.69, 9.17) is 10.3 Å². The average molecular weight is 388 g/mol. The second kappa shape index (κ2) is 7.08. The summed E-state index contributed by atoms with van der Waals surface area (Å²) in [6.07, 6.45) is 12.3. The number of anilines is 1. The van der Waals surface area contributed by atoms with E-state index in [-0.39, 0.29) is 11.9 Å². The molecule has 0 aromatic carbocycles. The molecule has 29 heavy (non-hydrogen) atoms. The number of hydrogen-bond acceptors (Lipinski definition) is 8. The van der Waals surface area contributed by atoms with Crippen molar-refractivity contribution in [2.45, 2.75) is 25.2 Å². The van der Waals surface area contributed by atoms with Gasteiger partial charge in [-0.15, -0.1) is 0 Å². The summed E-state index contributed by atoms with van der Waals surface area (Å²) in [7, 11) is 1.86. The van der Waals surface area contributed by atoms with Gasteiger partial charge in [-0.1, -0.05) is 24.1 Å². The van der Waals surface area contributed by atoms with E-state index in [9.17, 15) is 0 Å². The van der Waals surface area contributed by atoms with E-state index >= 15 is 0 Å². The maximum atomic E-state index is 5.56. The molecular weight excluding hydrogens is 368 g/mol. The van der Waals surface area contributed by atoms with E-state index in [0.29, 0.717) is 17.6 Å². The standard InChI is InChI=1S/C20H20N8O/c1-28-11-15(10-25-28)19-26-18(27-29-19)16(6-12-2-3-12)13-4-5-17(22-7-13)14-8-23-20(21)24-9-14/h4-5,7-12,16H,2-3,6H2,1H3,(H2,21,23,24). The summed E-state index contributed by atoms with van der Waals surface area (Å²) in [5, 5.41) is 8.43. The average Bonchev–Trinajstić information content (AvgIpc) is 3.24. The fourth-order valence-electron chi connectivity index (χ4n) is 3.36. The van der Waals surface area contributed by atoms with Crippen molar-refractivity contribution >= 4 is 5.95 Å². The smallest absolute Gasteiger partial charge is 0.261 e. The van der Waals surface area contributed by atoms with Crippen LogP contribution in [0, 0.1) is 5.92 Å². The highest BCUT2D eigenvalue weighted by Crippen LogP contribution is 2.41. The van der Waals surface area contributed by atoms with E-state index in [2.05, 4.69) is 36.3 Å². The number of nitrogens with zero attached hydrogens (tertiary/aromatic N) is 7. The molecule has 146 valence electrons. The quantitative estimate of drug-likeness (QED) is 0.535. The molecule has 5 rings (SSSR count). The first-order valence-corrected chi connectivity index (χ1v) is 9.52. The number of aryl methyl sites for hydroxylation is 1. The van der Waals surface area contributed by atoms with Crippen LogP contribution in [-0.4, -0.2) is 34.9 Å². The van der Waals surface area contributed by atoms with E-state index < -0.39 is 0 Å². The predicted molar refractivity (Wildman–Crippen MR) is 105 cm³/mol. The zero-order valence-corrected chi connectivity index (χ0v) is 15.9. The summed E-state index contributed by atoms with van der Waals surface area (Å²) in [6, 6.07) is 4.03. The first kappa shape index (κ1) is 17.5. The van der Waals surface area contributed by atoms with Gasteiger partial charge in [-0.25, -0.2) is 9.97 Å². The number of pyridine rings is 1. The normalized spacial score (nSPS) is 14.8. The third-order valence-corrected chi connectivity index (χ3v) is 5.13. The molecule has 0 radical (unpaired) electrons.